The Bertz CT molecular complexity index is 473. The molecular weight excluding hydrogens is 244 g/mol. The smallest absolute Gasteiger partial charge is 0.410 e. The molecule has 1 aliphatic rings. The molecule has 0 spiro atoms. The Morgan fingerprint density at radius 2 is 1.84 bits per heavy atom. The van der Waals surface area contributed by atoms with Crippen molar-refractivity contribution in [2.45, 2.75) is 26.4 Å². The highest BCUT2D eigenvalue weighted by Gasteiger charge is 2.37. The zero-order valence-electron chi connectivity index (χ0n) is 11.4. The maximum atomic E-state index is 12.1. The van der Waals surface area contributed by atoms with Crippen LogP contribution in [0.25, 0.3) is 0 Å². The molecule has 0 radical (unpaired) electrons. The van der Waals surface area contributed by atoms with Crippen molar-refractivity contribution in [3.05, 3.63) is 30.1 Å². The Morgan fingerprint density at radius 1 is 1.26 bits per heavy atom. The van der Waals surface area contributed by atoms with Crippen molar-refractivity contribution >= 4 is 11.9 Å². The Labute approximate surface area is 112 Å². The minimum Gasteiger partial charge on any atom is -0.444 e. The number of ketones is 1. The van der Waals surface area contributed by atoms with E-state index in [1.807, 2.05) is 20.8 Å². The van der Waals surface area contributed by atoms with Gasteiger partial charge in [0.15, 0.2) is 5.78 Å². The molecule has 19 heavy (non-hydrogen) atoms. The average molecular weight is 262 g/mol. The summed E-state index contributed by atoms with van der Waals surface area (Å²) in [4.78, 5) is 29.2. The SMILES string of the molecule is CC(C)(C)OC(=O)N1CC(C(=O)c2ccncc2)C1. The Kier molecular flexibility index (Phi) is 3.55. The molecule has 0 N–H and O–H groups in total. The number of rotatable bonds is 2. The van der Waals surface area contributed by atoms with Crippen LogP contribution in [0.1, 0.15) is 31.1 Å². The second-order valence-electron chi connectivity index (χ2n) is 5.68. The standard InChI is InChI=1S/C14H18N2O3/c1-14(2,3)19-13(18)16-8-11(9-16)12(17)10-4-6-15-7-5-10/h4-7,11H,8-9H2,1-3H3. The van der Waals surface area contributed by atoms with Gasteiger partial charge >= 0.3 is 6.09 Å². The van der Waals surface area contributed by atoms with Crippen molar-refractivity contribution in [2.24, 2.45) is 5.92 Å². The minimum absolute atomic E-state index is 0.0576. The van der Waals surface area contributed by atoms with E-state index < -0.39 is 5.60 Å². The fourth-order valence-corrected chi connectivity index (χ4v) is 1.87. The van der Waals surface area contributed by atoms with Gasteiger partial charge in [-0.15, -0.1) is 0 Å². The summed E-state index contributed by atoms with van der Waals surface area (Å²) in [5, 5.41) is 0. The average Bonchev–Trinajstić information content (AvgIpc) is 2.25. The summed E-state index contributed by atoms with van der Waals surface area (Å²) < 4.78 is 5.24. The molecule has 0 atom stereocenters. The van der Waals surface area contributed by atoms with Gasteiger partial charge < -0.3 is 9.64 Å². The van der Waals surface area contributed by atoms with Crippen LogP contribution in [0, 0.1) is 5.92 Å². The van der Waals surface area contributed by atoms with E-state index in [4.69, 9.17) is 4.74 Å². The zero-order valence-corrected chi connectivity index (χ0v) is 11.4. The highest BCUT2D eigenvalue weighted by atomic mass is 16.6. The number of hydrogen-bond donors (Lipinski definition) is 0. The minimum atomic E-state index is -0.503. The molecular formula is C14H18N2O3. The fraction of sp³-hybridized carbons (Fsp3) is 0.500. The van der Waals surface area contributed by atoms with E-state index in [1.165, 1.54) is 0 Å². The van der Waals surface area contributed by atoms with E-state index >= 15 is 0 Å². The van der Waals surface area contributed by atoms with E-state index in [9.17, 15) is 9.59 Å². The molecule has 0 aromatic carbocycles. The molecule has 1 amide bonds. The third kappa shape index (κ3) is 3.30. The van der Waals surface area contributed by atoms with Gasteiger partial charge in [0.05, 0.1) is 5.92 Å². The third-order valence-electron chi connectivity index (χ3n) is 2.87. The number of likely N-dealkylation sites (tertiary alicyclic amines) is 1. The number of pyridine rings is 1. The molecule has 5 heteroatoms. The van der Waals surface area contributed by atoms with E-state index in [0.29, 0.717) is 18.7 Å². The lowest BCUT2D eigenvalue weighted by Gasteiger charge is -2.38. The summed E-state index contributed by atoms with van der Waals surface area (Å²) in [6.07, 6.45) is 2.83. The molecule has 1 aromatic heterocycles. The highest BCUT2D eigenvalue weighted by molar-refractivity contribution is 5.99. The van der Waals surface area contributed by atoms with Gasteiger partial charge in [-0.3, -0.25) is 9.78 Å². The fourth-order valence-electron chi connectivity index (χ4n) is 1.87. The van der Waals surface area contributed by atoms with Gasteiger partial charge in [0.1, 0.15) is 5.60 Å². The highest BCUT2D eigenvalue weighted by Crippen LogP contribution is 2.22. The molecule has 1 aromatic rings. The normalized spacial score (nSPS) is 15.8. The first-order chi connectivity index (χ1) is 8.87. The number of hydrogen-bond acceptors (Lipinski definition) is 4. The van der Waals surface area contributed by atoms with E-state index in [2.05, 4.69) is 4.98 Å². The molecule has 2 heterocycles. The maximum absolute atomic E-state index is 12.1. The monoisotopic (exact) mass is 262 g/mol. The molecule has 2 rings (SSSR count). The summed E-state index contributed by atoms with van der Waals surface area (Å²) >= 11 is 0. The summed E-state index contributed by atoms with van der Waals surface area (Å²) in [7, 11) is 0. The van der Waals surface area contributed by atoms with Crippen LogP contribution in [0.2, 0.25) is 0 Å². The number of Topliss-reactive ketones (excluding diaryl/α,β-unsaturated/α-hetero) is 1. The van der Waals surface area contributed by atoms with Gasteiger partial charge in [-0.1, -0.05) is 0 Å². The Hall–Kier alpha value is -1.91. The van der Waals surface area contributed by atoms with Gasteiger partial charge in [-0.05, 0) is 32.9 Å². The summed E-state index contributed by atoms with van der Waals surface area (Å²) in [6, 6.07) is 3.39. The topological polar surface area (TPSA) is 59.5 Å². The summed E-state index contributed by atoms with van der Waals surface area (Å²) in [5.41, 5.74) is 0.140. The first-order valence-electron chi connectivity index (χ1n) is 6.29. The first-order valence-corrected chi connectivity index (χ1v) is 6.29. The molecule has 0 unspecified atom stereocenters. The quantitative estimate of drug-likeness (QED) is 0.766. The molecule has 1 fully saturated rings. The van der Waals surface area contributed by atoms with E-state index in [-0.39, 0.29) is 17.8 Å². The van der Waals surface area contributed by atoms with E-state index in [0.717, 1.165) is 0 Å². The second-order valence-corrected chi connectivity index (χ2v) is 5.68. The van der Waals surface area contributed by atoms with E-state index in [1.54, 1.807) is 29.4 Å². The van der Waals surface area contributed by atoms with Gasteiger partial charge in [0, 0.05) is 31.0 Å². The molecule has 1 aliphatic heterocycles. The lowest BCUT2D eigenvalue weighted by atomic mass is 9.91. The van der Waals surface area contributed by atoms with Gasteiger partial charge in [-0.2, -0.15) is 0 Å². The van der Waals surface area contributed by atoms with Crippen molar-refractivity contribution in [2.75, 3.05) is 13.1 Å². The van der Waals surface area contributed by atoms with Crippen LogP contribution in [-0.4, -0.2) is 40.5 Å². The summed E-state index contributed by atoms with van der Waals surface area (Å²) in [5.74, 6) is -0.0721. The largest absolute Gasteiger partial charge is 0.444 e. The number of carbonyl (C=O) groups is 2. The summed E-state index contributed by atoms with van der Waals surface area (Å²) in [6.45, 7) is 6.32. The van der Waals surface area contributed by atoms with Crippen molar-refractivity contribution in [1.82, 2.24) is 9.88 Å². The number of aromatic nitrogens is 1. The molecule has 1 saturated heterocycles. The number of amides is 1. The number of carbonyl (C=O) groups excluding carboxylic acids is 2. The molecule has 5 nitrogen and oxygen atoms in total. The molecule has 102 valence electrons. The van der Waals surface area contributed by atoms with Gasteiger partial charge in [-0.25, -0.2) is 4.79 Å². The van der Waals surface area contributed by atoms with Crippen LogP contribution in [0.15, 0.2) is 24.5 Å². The first kappa shape index (κ1) is 13.5. The van der Waals surface area contributed by atoms with Crippen LogP contribution in [0.4, 0.5) is 4.79 Å². The lowest BCUT2D eigenvalue weighted by Crippen LogP contribution is -2.54. The van der Waals surface area contributed by atoms with Crippen LogP contribution in [0.3, 0.4) is 0 Å². The lowest BCUT2D eigenvalue weighted by molar-refractivity contribution is 0.00149. The number of nitrogens with zero attached hydrogens (tertiary/aromatic N) is 2. The van der Waals surface area contributed by atoms with Crippen LogP contribution < -0.4 is 0 Å². The van der Waals surface area contributed by atoms with Crippen molar-refractivity contribution in [3.63, 3.8) is 0 Å². The predicted molar refractivity (Wildman–Crippen MR) is 69.9 cm³/mol. The Morgan fingerprint density at radius 3 is 2.37 bits per heavy atom. The molecule has 0 saturated carbocycles. The zero-order chi connectivity index (χ0) is 14.0. The molecule has 0 bridgehead atoms. The van der Waals surface area contributed by atoms with Gasteiger partial charge in [0.2, 0.25) is 0 Å². The Balaban J connectivity index is 1.87. The van der Waals surface area contributed by atoms with Crippen molar-refractivity contribution < 1.29 is 14.3 Å². The van der Waals surface area contributed by atoms with Crippen LogP contribution in [0.5, 0.6) is 0 Å². The maximum Gasteiger partial charge on any atom is 0.410 e. The van der Waals surface area contributed by atoms with Crippen molar-refractivity contribution in [3.8, 4) is 0 Å². The second kappa shape index (κ2) is 4.99. The van der Waals surface area contributed by atoms with Crippen LogP contribution >= 0.6 is 0 Å². The number of ether oxygens (including phenoxy) is 1. The predicted octanol–water partition coefficient (Wildman–Crippen LogP) is 2.13. The molecule has 0 aliphatic carbocycles. The van der Waals surface area contributed by atoms with Crippen molar-refractivity contribution in [1.29, 1.82) is 0 Å². The third-order valence-corrected chi connectivity index (χ3v) is 2.87. The van der Waals surface area contributed by atoms with Gasteiger partial charge in [0.25, 0.3) is 0 Å². The van der Waals surface area contributed by atoms with Crippen LogP contribution in [-0.2, 0) is 4.74 Å².